The minimum absolute atomic E-state index is 0.778. The zero-order valence-electron chi connectivity index (χ0n) is 3.55. The van der Waals surface area contributed by atoms with Gasteiger partial charge in [-0.15, -0.1) is 0 Å². The van der Waals surface area contributed by atoms with Crippen molar-refractivity contribution in [1.82, 2.24) is 5.32 Å². The van der Waals surface area contributed by atoms with E-state index in [9.17, 15) is 0 Å². The molecule has 0 aromatic carbocycles. The van der Waals surface area contributed by atoms with Crippen LogP contribution in [0.15, 0.2) is 0 Å². The van der Waals surface area contributed by atoms with Crippen LogP contribution in [-0.4, -0.2) is 19.7 Å². The van der Waals surface area contributed by atoms with Gasteiger partial charge in [0, 0.05) is 13.1 Å². The van der Waals surface area contributed by atoms with Crippen LogP contribution >= 0.6 is 0 Å². The zero-order chi connectivity index (χ0) is 4.24. The van der Waals surface area contributed by atoms with Gasteiger partial charge in [0.2, 0.25) is 0 Å². The monoisotopic (exact) mass is 85.1 g/mol. The molecule has 0 aromatic heterocycles. The summed E-state index contributed by atoms with van der Waals surface area (Å²) in [5.74, 6) is 0. The average molecular weight is 85.1 g/mol. The van der Waals surface area contributed by atoms with Crippen molar-refractivity contribution in [3.63, 3.8) is 0 Å². The molecule has 2 heteroatoms. The largest absolute Gasteiger partial charge is 0.373 e. The van der Waals surface area contributed by atoms with Crippen LogP contribution in [0.25, 0.3) is 0 Å². The molecule has 6 heavy (non-hydrogen) atoms. The Morgan fingerprint density at radius 3 is 2.83 bits per heavy atom. The first-order chi connectivity index (χ1) is 3.00. The number of nitrogens with zero attached hydrogens (tertiary/aromatic N) is 1. The molecular weight excluding hydrogens is 78.0 g/mol. The molecule has 0 N–H and O–H groups in total. The van der Waals surface area contributed by atoms with E-state index < -0.39 is 0 Å². The molecule has 0 spiro atoms. The van der Waals surface area contributed by atoms with E-state index in [0.717, 1.165) is 19.7 Å². The van der Waals surface area contributed by atoms with Crippen LogP contribution in [0, 0.1) is 6.61 Å². The highest BCUT2D eigenvalue weighted by Gasteiger charge is 1.95. The lowest BCUT2D eigenvalue weighted by atomic mass is 10.5. The first-order valence-electron chi connectivity index (χ1n) is 2.07. The van der Waals surface area contributed by atoms with E-state index in [1.54, 1.807) is 6.61 Å². The first kappa shape index (κ1) is 4.09. The molecule has 1 saturated heterocycles. The second-order valence-corrected chi connectivity index (χ2v) is 1.17. The Labute approximate surface area is 37.5 Å². The van der Waals surface area contributed by atoms with E-state index in [-0.39, 0.29) is 0 Å². The third kappa shape index (κ3) is 0.954. The smallest absolute Gasteiger partial charge is 0.0991 e. The molecular formula is C4H7NO. The standard InChI is InChI=1S/C4H7NO/c1-3-6-4-2-5-1/h3H,1-2,4H2. The Balaban J connectivity index is 2.00. The number of ether oxygens (including phenoxy) is 1. The van der Waals surface area contributed by atoms with Crippen LogP contribution in [0.1, 0.15) is 0 Å². The summed E-state index contributed by atoms with van der Waals surface area (Å²) in [6.07, 6.45) is 0. The number of hydrogen-bond acceptors (Lipinski definition) is 1. The molecule has 0 saturated carbocycles. The molecule has 0 atom stereocenters. The van der Waals surface area contributed by atoms with Crippen LogP contribution < -0.4 is 5.32 Å². The Morgan fingerprint density at radius 2 is 2.67 bits per heavy atom. The molecule has 34 valence electrons. The van der Waals surface area contributed by atoms with Crippen molar-refractivity contribution in [3.05, 3.63) is 6.61 Å². The van der Waals surface area contributed by atoms with Gasteiger partial charge in [-0.2, -0.15) is 0 Å². The van der Waals surface area contributed by atoms with Crippen LogP contribution in [-0.2, 0) is 4.74 Å². The van der Waals surface area contributed by atoms with Crippen molar-refractivity contribution >= 4 is 0 Å². The van der Waals surface area contributed by atoms with Gasteiger partial charge < -0.3 is 4.74 Å². The minimum Gasteiger partial charge on any atom is -0.373 e. The number of morpholine rings is 1. The van der Waals surface area contributed by atoms with Gasteiger partial charge in [0.05, 0.1) is 13.2 Å². The molecule has 2 nitrogen and oxygen atoms in total. The van der Waals surface area contributed by atoms with Gasteiger partial charge in [0.1, 0.15) is 0 Å². The lowest BCUT2D eigenvalue weighted by Crippen LogP contribution is -2.20. The average Bonchev–Trinajstić information content (AvgIpc) is 1.72. The summed E-state index contributed by atoms with van der Waals surface area (Å²) in [6, 6.07) is 0. The highest BCUT2D eigenvalue weighted by molar-refractivity contribution is 4.60. The third-order valence-electron chi connectivity index (χ3n) is 0.689. The third-order valence-corrected chi connectivity index (χ3v) is 0.689. The summed E-state index contributed by atoms with van der Waals surface area (Å²) in [5, 5.41) is 4.00. The first-order valence-corrected chi connectivity index (χ1v) is 2.07. The molecule has 1 aliphatic rings. The van der Waals surface area contributed by atoms with Gasteiger partial charge >= 0.3 is 0 Å². The quantitative estimate of drug-likeness (QED) is 0.399. The Bertz CT molecular complexity index is 23.0. The van der Waals surface area contributed by atoms with E-state index in [2.05, 4.69) is 5.32 Å². The Kier molecular flexibility index (Phi) is 1.47. The summed E-state index contributed by atoms with van der Waals surface area (Å²) in [7, 11) is 0. The normalized spacial score (nSPS) is 24.0. The van der Waals surface area contributed by atoms with Crippen molar-refractivity contribution in [3.8, 4) is 0 Å². The predicted molar refractivity (Wildman–Crippen MR) is 22.1 cm³/mol. The second-order valence-electron chi connectivity index (χ2n) is 1.17. The number of hydrogen-bond donors (Lipinski definition) is 0. The van der Waals surface area contributed by atoms with Gasteiger partial charge in [0.15, 0.2) is 0 Å². The fraction of sp³-hybridized carbons (Fsp3) is 0.750. The molecule has 0 aliphatic carbocycles. The highest BCUT2D eigenvalue weighted by Crippen LogP contribution is 1.85. The van der Waals surface area contributed by atoms with E-state index >= 15 is 0 Å². The van der Waals surface area contributed by atoms with Crippen LogP contribution in [0.4, 0.5) is 0 Å². The van der Waals surface area contributed by atoms with Crippen molar-refractivity contribution in [1.29, 1.82) is 0 Å². The molecule has 0 unspecified atom stereocenters. The van der Waals surface area contributed by atoms with Gasteiger partial charge in [-0.1, -0.05) is 0 Å². The van der Waals surface area contributed by atoms with Crippen molar-refractivity contribution in [2.75, 3.05) is 19.7 Å². The van der Waals surface area contributed by atoms with Gasteiger partial charge in [-0.3, -0.25) is 0 Å². The molecule has 0 bridgehead atoms. The lowest BCUT2D eigenvalue weighted by Gasteiger charge is -2.07. The second kappa shape index (κ2) is 2.16. The van der Waals surface area contributed by atoms with Crippen LogP contribution in [0.3, 0.4) is 0 Å². The van der Waals surface area contributed by atoms with Gasteiger partial charge in [-0.25, -0.2) is 5.32 Å². The summed E-state index contributed by atoms with van der Waals surface area (Å²) < 4.78 is 4.85. The molecule has 1 heterocycles. The number of rotatable bonds is 0. The Hall–Kier alpha value is -0.0800. The maximum Gasteiger partial charge on any atom is 0.0991 e. The SMILES string of the molecule is [CH]1C[N]CCO1. The predicted octanol–water partition coefficient (Wildman–Crippen LogP) is -0.217. The van der Waals surface area contributed by atoms with Crippen molar-refractivity contribution in [2.24, 2.45) is 0 Å². The van der Waals surface area contributed by atoms with E-state index in [1.807, 2.05) is 0 Å². The molecule has 0 amide bonds. The van der Waals surface area contributed by atoms with E-state index in [4.69, 9.17) is 4.74 Å². The topological polar surface area (TPSA) is 23.3 Å². The van der Waals surface area contributed by atoms with Gasteiger partial charge in [-0.05, 0) is 0 Å². The highest BCUT2D eigenvalue weighted by atomic mass is 16.5. The Morgan fingerprint density at radius 1 is 1.67 bits per heavy atom. The van der Waals surface area contributed by atoms with E-state index in [0.29, 0.717) is 0 Å². The molecule has 1 aliphatic heterocycles. The molecule has 1 fully saturated rings. The zero-order valence-corrected chi connectivity index (χ0v) is 3.55. The van der Waals surface area contributed by atoms with E-state index in [1.165, 1.54) is 0 Å². The summed E-state index contributed by atoms with van der Waals surface area (Å²) in [4.78, 5) is 0. The van der Waals surface area contributed by atoms with Crippen molar-refractivity contribution < 1.29 is 4.74 Å². The lowest BCUT2D eigenvalue weighted by molar-refractivity contribution is 0.165. The van der Waals surface area contributed by atoms with Crippen LogP contribution in [0.2, 0.25) is 0 Å². The molecule has 1 rings (SSSR count). The summed E-state index contributed by atoms with van der Waals surface area (Å²) in [6.45, 7) is 4.15. The van der Waals surface area contributed by atoms with Crippen molar-refractivity contribution in [2.45, 2.75) is 0 Å². The summed E-state index contributed by atoms with van der Waals surface area (Å²) >= 11 is 0. The molecule has 2 radical (unpaired) electrons. The van der Waals surface area contributed by atoms with Gasteiger partial charge in [0.25, 0.3) is 0 Å². The fourth-order valence-electron chi connectivity index (χ4n) is 0.397. The minimum atomic E-state index is 0.778. The fourth-order valence-corrected chi connectivity index (χ4v) is 0.397. The maximum absolute atomic E-state index is 4.85. The summed E-state index contributed by atoms with van der Waals surface area (Å²) in [5.41, 5.74) is 0. The maximum atomic E-state index is 4.85. The molecule has 0 aromatic rings. The van der Waals surface area contributed by atoms with Crippen LogP contribution in [0.5, 0.6) is 0 Å².